The van der Waals surface area contributed by atoms with E-state index in [2.05, 4.69) is 237 Å². The summed E-state index contributed by atoms with van der Waals surface area (Å²) in [5.74, 6) is 2.74. The van der Waals surface area contributed by atoms with Crippen LogP contribution in [0.25, 0.3) is 65.4 Å². The number of Topliss-reactive ketones (excluding diaryl/α,β-unsaturated/α-hetero) is 1. The fourth-order valence-corrected chi connectivity index (χ4v) is 19.1. The molecule has 0 aliphatic carbocycles. The van der Waals surface area contributed by atoms with Gasteiger partial charge in [-0.1, -0.05) is 189 Å². The second-order valence-electron chi connectivity index (χ2n) is 32.9. The minimum absolute atomic E-state index is 0.0632. The Bertz CT molecular complexity index is 6750. The van der Waals surface area contributed by atoms with Gasteiger partial charge in [0.15, 0.2) is 23.0 Å². The Balaban J connectivity index is 0.000000123. The summed E-state index contributed by atoms with van der Waals surface area (Å²) in [5, 5.41) is 31.5. The second kappa shape index (κ2) is 35.7. The van der Waals surface area contributed by atoms with E-state index < -0.39 is 12.1 Å². The fraction of sp³-hybridized carbons (Fsp3) is 0.265. The average Bonchev–Trinajstić information content (AvgIpc) is 1.60. The van der Waals surface area contributed by atoms with Crippen LogP contribution in [0.4, 0.5) is 5.69 Å². The van der Waals surface area contributed by atoms with Crippen molar-refractivity contribution in [2.75, 3.05) is 11.9 Å². The number of rotatable bonds is 15. The van der Waals surface area contributed by atoms with Crippen LogP contribution in [0, 0.1) is 90.0 Å². The van der Waals surface area contributed by atoms with Gasteiger partial charge in [-0.3, -0.25) is 43.7 Å². The third-order valence-electron chi connectivity index (χ3n) is 23.4. The summed E-state index contributed by atoms with van der Waals surface area (Å²) >= 11 is 3.49. The Labute approximate surface area is 735 Å². The predicted molar refractivity (Wildman–Crippen MR) is 497 cm³/mol. The van der Waals surface area contributed by atoms with Gasteiger partial charge in [0.1, 0.15) is 30.0 Å². The Morgan fingerprint density at radius 1 is 0.368 bits per heavy atom. The van der Waals surface area contributed by atoms with E-state index in [1.54, 1.807) is 34.3 Å². The van der Waals surface area contributed by atoms with Gasteiger partial charge in [0, 0.05) is 120 Å². The molecule has 0 spiro atoms. The lowest BCUT2D eigenvalue weighted by Gasteiger charge is -2.13. The number of nitrogens with zero attached hydrogens (tertiary/aromatic N) is 12. The number of thiophene rings is 2. The van der Waals surface area contributed by atoms with Gasteiger partial charge in [0.25, 0.3) is 0 Å². The molecule has 19 rings (SSSR count). The Morgan fingerprint density at radius 3 is 1.06 bits per heavy atom. The highest BCUT2D eigenvalue weighted by molar-refractivity contribution is 7.16. The van der Waals surface area contributed by atoms with Crippen molar-refractivity contribution in [2.24, 2.45) is 34.1 Å². The molecule has 0 radical (unpaired) electrons. The van der Waals surface area contributed by atoms with Crippen molar-refractivity contribution in [2.45, 2.75) is 161 Å². The highest BCUT2D eigenvalue weighted by atomic mass is 32.1. The molecule has 21 nitrogen and oxygen atoms in total. The summed E-state index contributed by atoms with van der Waals surface area (Å²) in [4.78, 5) is 62.9. The first-order valence-electron chi connectivity index (χ1n) is 42.2. The highest BCUT2D eigenvalue weighted by Crippen LogP contribution is 2.50. The number of carbonyl (C=O) groups excluding carboxylic acids is 3. The van der Waals surface area contributed by atoms with Gasteiger partial charge in [-0.15, -0.1) is 22.7 Å². The number of aliphatic imine (C=N–C) groups is 4. The minimum atomic E-state index is -0.478. The van der Waals surface area contributed by atoms with E-state index in [1.807, 2.05) is 109 Å². The normalized spacial score (nSPS) is 15.1. The van der Waals surface area contributed by atoms with Crippen molar-refractivity contribution in [1.29, 1.82) is 0 Å². The summed E-state index contributed by atoms with van der Waals surface area (Å²) in [6.45, 7) is 33.0. The zero-order valence-electron chi connectivity index (χ0n) is 73.7. The molecule has 23 heteroatoms. The number of hydrogen-bond acceptors (Lipinski definition) is 19. The van der Waals surface area contributed by atoms with Crippen LogP contribution < -0.4 is 10.6 Å². The Morgan fingerprint density at radius 2 is 0.696 bits per heavy atom. The summed E-state index contributed by atoms with van der Waals surface area (Å²) < 4.78 is 26.7. The fourth-order valence-electron chi connectivity index (χ4n) is 16.6. The first-order chi connectivity index (χ1) is 60.2. The number of aryl methyl sites for hydroxylation is 13. The van der Waals surface area contributed by atoms with Crippen LogP contribution in [0.5, 0.6) is 0 Å². The molecule has 7 aromatic carbocycles. The molecule has 0 bridgehead atoms. The number of nitrogens with one attached hydrogen (secondary N) is 2. The van der Waals surface area contributed by atoms with Crippen LogP contribution in [-0.2, 0) is 28.5 Å². The number of carbonyl (C=O) groups is 3. The minimum Gasteiger partial charge on any atom is -0.358 e. The molecule has 0 fully saturated rings. The van der Waals surface area contributed by atoms with E-state index in [9.17, 15) is 14.4 Å². The van der Waals surface area contributed by atoms with Crippen LogP contribution in [-0.4, -0.2) is 87.2 Å². The van der Waals surface area contributed by atoms with E-state index >= 15 is 0 Å². The van der Waals surface area contributed by atoms with Crippen molar-refractivity contribution in [3.05, 3.63) is 322 Å². The lowest BCUT2D eigenvalue weighted by Crippen LogP contribution is -2.24. The molecule has 4 aliphatic heterocycles. The van der Waals surface area contributed by atoms with Gasteiger partial charge in [-0.05, 0) is 168 Å². The molecule has 0 saturated heterocycles. The molecule has 15 aromatic rings. The molecular formula is C102H100N14O7S2. The summed E-state index contributed by atoms with van der Waals surface area (Å²) in [5.41, 5.74) is 35.0. The number of amides is 2. The van der Waals surface area contributed by atoms with Crippen LogP contribution in [0.3, 0.4) is 0 Å². The maximum atomic E-state index is 13.1. The third kappa shape index (κ3) is 17.4. The van der Waals surface area contributed by atoms with E-state index in [-0.39, 0.29) is 42.5 Å². The number of anilines is 1. The highest BCUT2D eigenvalue weighted by Gasteiger charge is 2.38. The number of benzene rings is 7. The van der Waals surface area contributed by atoms with E-state index in [0.717, 1.165) is 179 Å². The molecule has 4 atom stereocenters. The Hall–Kier alpha value is -13.5. The number of aromatic nitrogens is 8. The molecule has 632 valence electrons. The lowest BCUT2D eigenvalue weighted by molar-refractivity contribution is -0.121. The monoisotopic (exact) mass is 1700 g/mol. The van der Waals surface area contributed by atoms with Gasteiger partial charge < -0.3 is 28.7 Å². The SMILES string of the molecule is CC(=O)C[C@@H]1N=C(c2ccc(C)cc2)c2c(sc(C)c2C)-c2c(C)noc21.CCNC(=O)C[C@@H]1N=C(c2ccc(C)cc2)c2cc(-c3cnn(C)c3)ccc2-c2c(C)noc21.CC[C@@H]1N=C(c2ccc(C)cc2)c2cc(-c3cnn(C)c3)ccc2-c2c(C)noc21.Cc1ccc(NC(=O)C[C@@H]2N=C(c3ccc(C)cc3)c3c(sc(C)c3C)-c3c(C)noc32)cc1. The van der Waals surface area contributed by atoms with Crippen LogP contribution in [0.15, 0.2) is 221 Å². The van der Waals surface area contributed by atoms with Crippen molar-refractivity contribution < 1.29 is 32.5 Å². The number of hydrogen-bond donors (Lipinski definition) is 2. The molecule has 8 aromatic heterocycles. The molecule has 125 heavy (non-hydrogen) atoms. The summed E-state index contributed by atoms with van der Waals surface area (Å²) in [7, 11) is 3.84. The topological polar surface area (TPSA) is 264 Å². The summed E-state index contributed by atoms with van der Waals surface area (Å²) in [6.07, 6.45) is 9.29. The largest absolute Gasteiger partial charge is 0.358 e. The maximum Gasteiger partial charge on any atom is 0.227 e. The number of fused-ring (bicyclic) bond motifs is 12. The third-order valence-corrected chi connectivity index (χ3v) is 25.9. The van der Waals surface area contributed by atoms with Gasteiger partial charge in [0.2, 0.25) is 11.8 Å². The first-order valence-corrected chi connectivity index (χ1v) is 43.9. The van der Waals surface area contributed by atoms with E-state index in [4.69, 9.17) is 38.1 Å². The quantitative estimate of drug-likeness (QED) is 0.0968. The van der Waals surface area contributed by atoms with Crippen LogP contribution in [0.1, 0.15) is 210 Å². The van der Waals surface area contributed by atoms with Crippen molar-refractivity contribution in [3.8, 4) is 65.4 Å². The van der Waals surface area contributed by atoms with Gasteiger partial charge >= 0.3 is 0 Å². The molecule has 12 heterocycles. The zero-order chi connectivity index (χ0) is 87.9. The van der Waals surface area contributed by atoms with Crippen molar-refractivity contribution >= 4 is 68.8 Å². The van der Waals surface area contributed by atoms with Gasteiger partial charge in [0.05, 0.1) is 93.1 Å². The first kappa shape index (κ1) is 85.1. The van der Waals surface area contributed by atoms with Gasteiger partial charge in [-0.25, -0.2) is 0 Å². The molecule has 0 saturated carbocycles. The standard InChI is InChI=1S/C28H27N3O2S.C27H27N5O2.C25H24N4O.C22H22N2O2S/c1-15-6-10-20(11-7-15)26-24-17(3)19(5)34-28(24)25-18(4)31-33-27(25)22(30-26)14-23(32)29-21-12-8-16(2)9-13-21;1-5-28-24(33)13-23-27-25(17(3)31-34-27)21-11-10-19(20-14-29-32(4)15-20)12-22(21)26(30-23)18-8-6-16(2)7-9-18;1-5-22-25-23(16(3)28-30-25)20-11-10-18(19-13-26-29(4)14-19)12-21(20)24(27-22)17-8-6-15(2)7-9-17;1-11-6-8-16(9-7-11)20-18-13(3)15(5)27-22(18)19-14(4)24-26-21(19)17(23-20)10-12(2)25/h6-13,22H,14H2,1-5H3,(H,29,32);6-12,14-15,23H,5,13H2,1-4H3,(H,28,33);6-14,22H,5H2,1-4H3;6-9,17H,10H2,1-5H3/t22-;23-;22-;17-/m0000/s1. The second-order valence-corrected chi connectivity index (χ2v) is 35.3. The molecule has 4 aliphatic rings. The molecule has 0 unspecified atom stereocenters. The van der Waals surface area contributed by atoms with Crippen LogP contribution >= 0.6 is 22.7 Å². The number of ketones is 1. The lowest BCUT2D eigenvalue weighted by atomic mass is 9.90. The van der Waals surface area contributed by atoms with Crippen molar-refractivity contribution in [3.63, 3.8) is 0 Å². The summed E-state index contributed by atoms with van der Waals surface area (Å²) in [6, 6.07) is 53.0. The van der Waals surface area contributed by atoms with Crippen LogP contribution in [0.2, 0.25) is 0 Å². The van der Waals surface area contributed by atoms with E-state index in [1.165, 1.54) is 43.1 Å². The van der Waals surface area contributed by atoms with Crippen molar-refractivity contribution in [1.82, 2.24) is 45.5 Å². The average molecular weight is 1700 g/mol. The smallest absolute Gasteiger partial charge is 0.227 e. The zero-order valence-corrected chi connectivity index (χ0v) is 75.3. The van der Waals surface area contributed by atoms with E-state index in [0.29, 0.717) is 30.2 Å². The molecule has 2 N–H and O–H groups in total. The molecular weight excluding hydrogens is 1600 g/mol. The Kier molecular flexibility index (Phi) is 24.3. The van der Waals surface area contributed by atoms with Gasteiger partial charge in [-0.2, -0.15) is 10.2 Å². The maximum absolute atomic E-state index is 13.1. The predicted octanol–water partition coefficient (Wildman–Crippen LogP) is 22.8. The molecule has 2 amide bonds.